The van der Waals surface area contributed by atoms with Crippen LogP contribution in [0.4, 0.5) is 8.78 Å². The van der Waals surface area contributed by atoms with E-state index in [9.17, 15) is 8.78 Å². The molecule has 0 aromatic rings. The zero-order valence-corrected chi connectivity index (χ0v) is 12.8. The number of hydrogen-bond donors (Lipinski definition) is 2. The average Bonchev–Trinajstić information content (AvgIpc) is 2.74. The van der Waals surface area contributed by atoms with Crippen LogP contribution < -0.4 is 5.32 Å². The van der Waals surface area contributed by atoms with Gasteiger partial charge in [-0.3, -0.25) is 4.90 Å². The molecule has 1 fully saturated rings. The molecule has 0 radical (unpaired) electrons. The maximum atomic E-state index is 12.6. The van der Waals surface area contributed by atoms with Gasteiger partial charge in [0.1, 0.15) is 0 Å². The molecule has 2 N–H and O–H groups in total. The van der Waals surface area contributed by atoms with Crippen molar-refractivity contribution in [3.05, 3.63) is 0 Å². The van der Waals surface area contributed by atoms with Crippen molar-refractivity contribution in [1.29, 1.82) is 0 Å². The summed E-state index contributed by atoms with van der Waals surface area (Å²) in [4.78, 5) is 1.64. The number of nitrogens with one attached hydrogen (secondary N) is 1. The predicted octanol–water partition coefficient (Wildman–Crippen LogP) is 1.34. The van der Waals surface area contributed by atoms with Crippen LogP contribution in [0.25, 0.3) is 0 Å². The van der Waals surface area contributed by atoms with Crippen molar-refractivity contribution < 1.29 is 18.6 Å². The summed E-state index contributed by atoms with van der Waals surface area (Å²) < 4.78 is 30.7. The third-order valence-corrected chi connectivity index (χ3v) is 3.55. The number of rotatable bonds is 8. The van der Waals surface area contributed by atoms with Gasteiger partial charge in [-0.2, -0.15) is 0 Å². The van der Waals surface area contributed by atoms with Crippen LogP contribution in [0.15, 0.2) is 0 Å². The molecule has 120 valence electrons. The van der Waals surface area contributed by atoms with Gasteiger partial charge in [-0.1, -0.05) is 0 Å². The molecule has 0 bridgehead atoms. The van der Waals surface area contributed by atoms with Crippen LogP contribution >= 0.6 is 0 Å². The molecule has 0 aromatic carbocycles. The van der Waals surface area contributed by atoms with E-state index in [4.69, 9.17) is 9.84 Å². The second-order valence-electron chi connectivity index (χ2n) is 6.76. The summed E-state index contributed by atoms with van der Waals surface area (Å²) in [6.45, 7) is 8.66. The molecule has 4 nitrogen and oxygen atoms in total. The maximum Gasteiger partial charge on any atom is 0.251 e. The van der Waals surface area contributed by atoms with E-state index in [0.717, 1.165) is 13.0 Å². The van der Waals surface area contributed by atoms with E-state index in [1.165, 1.54) is 0 Å². The zero-order valence-electron chi connectivity index (χ0n) is 12.8. The Kier molecular flexibility index (Phi) is 6.78. The molecular weight excluding hydrogens is 266 g/mol. The van der Waals surface area contributed by atoms with Gasteiger partial charge in [0.2, 0.25) is 0 Å². The van der Waals surface area contributed by atoms with E-state index in [1.54, 1.807) is 4.90 Å². The Labute approximate surface area is 120 Å². The van der Waals surface area contributed by atoms with E-state index in [0.29, 0.717) is 19.8 Å². The topological polar surface area (TPSA) is 44.7 Å². The van der Waals surface area contributed by atoms with Gasteiger partial charge in [0.05, 0.1) is 19.8 Å². The first-order valence-corrected chi connectivity index (χ1v) is 7.20. The molecule has 20 heavy (non-hydrogen) atoms. The Balaban J connectivity index is 2.63. The standard InChI is InChI=1S/C14H28F2N2O2/c1-13(2,3)17-9-14(4-7-20-11-14)10-18(5-6-19)8-12(15)16/h12,17,19H,4-11H2,1-3H3. The molecule has 1 atom stereocenters. The summed E-state index contributed by atoms with van der Waals surface area (Å²) in [7, 11) is 0. The Morgan fingerprint density at radius 2 is 2.10 bits per heavy atom. The molecule has 0 spiro atoms. The van der Waals surface area contributed by atoms with Crippen molar-refractivity contribution in [2.45, 2.75) is 39.2 Å². The molecule has 1 rings (SSSR count). The van der Waals surface area contributed by atoms with Crippen LogP contribution in [0.3, 0.4) is 0 Å². The highest BCUT2D eigenvalue weighted by molar-refractivity contribution is 4.90. The molecule has 0 saturated carbocycles. The number of ether oxygens (including phenoxy) is 1. The summed E-state index contributed by atoms with van der Waals surface area (Å²) in [5.74, 6) is 0. The van der Waals surface area contributed by atoms with Crippen LogP contribution in [0.5, 0.6) is 0 Å². The Bertz CT molecular complexity index is 277. The first-order valence-electron chi connectivity index (χ1n) is 7.20. The van der Waals surface area contributed by atoms with Crippen molar-refractivity contribution >= 4 is 0 Å². The van der Waals surface area contributed by atoms with Crippen LogP contribution in [0.1, 0.15) is 27.2 Å². The van der Waals surface area contributed by atoms with Gasteiger partial charge < -0.3 is 15.2 Å². The number of aliphatic hydroxyl groups is 1. The van der Waals surface area contributed by atoms with Crippen LogP contribution in [0.2, 0.25) is 0 Å². The predicted molar refractivity (Wildman–Crippen MR) is 75.2 cm³/mol. The third-order valence-electron chi connectivity index (χ3n) is 3.55. The molecule has 0 aliphatic carbocycles. The highest BCUT2D eigenvalue weighted by Gasteiger charge is 2.37. The molecular formula is C14H28F2N2O2. The molecule has 0 aromatic heterocycles. The summed E-state index contributed by atoms with van der Waals surface area (Å²) in [5.41, 5.74) is -0.155. The van der Waals surface area contributed by atoms with Crippen LogP contribution in [-0.4, -0.2) is 68.0 Å². The van der Waals surface area contributed by atoms with Gasteiger partial charge >= 0.3 is 0 Å². The van der Waals surface area contributed by atoms with Gasteiger partial charge in [-0.25, -0.2) is 8.78 Å². The minimum absolute atomic E-state index is 0.0138. The number of nitrogens with zero attached hydrogens (tertiary/aromatic N) is 1. The summed E-state index contributed by atoms with van der Waals surface area (Å²) in [5, 5.41) is 12.5. The van der Waals surface area contributed by atoms with Crippen LogP contribution in [0, 0.1) is 5.41 Å². The van der Waals surface area contributed by atoms with E-state index >= 15 is 0 Å². The smallest absolute Gasteiger partial charge is 0.251 e. The molecule has 1 aliphatic heterocycles. The molecule has 1 heterocycles. The van der Waals surface area contributed by atoms with E-state index in [2.05, 4.69) is 26.1 Å². The van der Waals surface area contributed by atoms with E-state index in [1.807, 2.05) is 0 Å². The lowest BCUT2D eigenvalue weighted by atomic mass is 9.85. The fraction of sp³-hybridized carbons (Fsp3) is 1.00. The molecule has 1 saturated heterocycles. The second-order valence-corrected chi connectivity index (χ2v) is 6.76. The van der Waals surface area contributed by atoms with E-state index < -0.39 is 6.43 Å². The lowest BCUT2D eigenvalue weighted by Crippen LogP contribution is -2.50. The number of alkyl halides is 2. The minimum Gasteiger partial charge on any atom is -0.395 e. The van der Waals surface area contributed by atoms with Crippen molar-refractivity contribution in [2.75, 3.05) is 46.0 Å². The first-order chi connectivity index (χ1) is 9.26. The minimum atomic E-state index is -2.38. The Hall–Kier alpha value is -0.300. The number of aliphatic hydroxyl groups excluding tert-OH is 1. The molecule has 0 amide bonds. The lowest BCUT2D eigenvalue weighted by Gasteiger charge is -2.36. The second kappa shape index (κ2) is 7.64. The van der Waals surface area contributed by atoms with Gasteiger partial charge in [0.25, 0.3) is 6.43 Å². The van der Waals surface area contributed by atoms with Gasteiger partial charge in [0, 0.05) is 37.2 Å². The monoisotopic (exact) mass is 294 g/mol. The van der Waals surface area contributed by atoms with Crippen molar-refractivity contribution in [2.24, 2.45) is 5.41 Å². The highest BCUT2D eigenvalue weighted by atomic mass is 19.3. The summed E-state index contributed by atoms with van der Waals surface area (Å²) in [6.07, 6.45) is -1.52. The Morgan fingerprint density at radius 1 is 1.40 bits per heavy atom. The van der Waals surface area contributed by atoms with Gasteiger partial charge in [-0.05, 0) is 27.2 Å². The van der Waals surface area contributed by atoms with Gasteiger partial charge in [-0.15, -0.1) is 0 Å². The number of hydrogen-bond acceptors (Lipinski definition) is 4. The molecule has 6 heteroatoms. The number of halogens is 2. The van der Waals surface area contributed by atoms with Crippen molar-refractivity contribution in [3.63, 3.8) is 0 Å². The highest BCUT2D eigenvalue weighted by Crippen LogP contribution is 2.30. The quantitative estimate of drug-likeness (QED) is 0.709. The largest absolute Gasteiger partial charge is 0.395 e. The average molecular weight is 294 g/mol. The van der Waals surface area contributed by atoms with Gasteiger partial charge in [0.15, 0.2) is 0 Å². The zero-order chi connectivity index (χ0) is 15.2. The fourth-order valence-electron chi connectivity index (χ4n) is 2.47. The fourth-order valence-corrected chi connectivity index (χ4v) is 2.47. The lowest BCUT2D eigenvalue weighted by molar-refractivity contribution is 0.0428. The summed E-state index contributed by atoms with van der Waals surface area (Å²) in [6, 6.07) is 0. The van der Waals surface area contributed by atoms with Crippen molar-refractivity contribution in [3.8, 4) is 0 Å². The van der Waals surface area contributed by atoms with Crippen molar-refractivity contribution in [1.82, 2.24) is 10.2 Å². The maximum absolute atomic E-state index is 12.6. The third kappa shape index (κ3) is 6.43. The summed E-state index contributed by atoms with van der Waals surface area (Å²) >= 11 is 0. The SMILES string of the molecule is CC(C)(C)NCC1(CN(CCO)CC(F)F)CCOC1. The normalized spacial score (nSPS) is 24.0. The molecule has 1 aliphatic rings. The van der Waals surface area contributed by atoms with Crippen LogP contribution in [-0.2, 0) is 4.74 Å². The first kappa shape index (κ1) is 17.8. The van der Waals surface area contributed by atoms with E-state index in [-0.39, 0.29) is 30.7 Å². The molecule has 1 unspecified atom stereocenters. The Morgan fingerprint density at radius 3 is 2.55 bits per heavy atom.